The number of hydrogen-bond donors (Lipinski definition) is 3. The van der Waals surface area contributed by atoms with Gasteiger partial charge in [-0.3, -0.25) is 0 Å². The molecule has 2 unspecified atom stereocenters. The minimum atomic E-state index is -0.465. The van der Waals surface area contributed by atoms with Crippen molar-refractivity contribution < 1.29 is 14.6 Å². The van der Waals surface area contributed by atoms with Crippen molar-refractivity contribution in [1.82, 2.24) is 10.6 Å². The van der Waals surface area contributed by atoms with Crippen LogP contribution in [0.2, 0.25) is 5.02 Å². The maximum absolute atomic E-state index is 11.9. The summed E-state index contributed by atoms with van der Waals surface area (Å²) in [5.74, 6) is 0. The summed E-state index contributed by atoms with van der Waals surface area (Å²) in [6.07, 6.45) is 0.770. The van der Waals surface area contributed by atoms with Crippen LogP contribution >= 0.6 is 11.6 Å². The second kappa shape index (κ2) is 8.79. The van der Waals surface area contributed by atoms with Crippen LogP contribution in [0.15, 0.2) is 24.3 Å². The van der Waals surface area contributed by atoms with Gasteiger partial charge >= 0.3 is 6.03 Å². The van der Waals surface area contributed by atoms with Crippen molar-refractivity contribution in [3.63, 3.8) is 0 Å². The molecule has 0 radical (unpaired) electrons. The van der Waals surface area contributed by atoms with E-state index in [1.807, 2.05) is 6.92 Å². The summed E-state index contributed by atoms with van der Waals surface area (Å²) in [6, 6.07) is 6.14. The average molecular weight is 301 g/mol. The second-order valence-corrected chi connectivity index (χ2v) is 4.90. The smallest absolute Gasteiger partial charge is 0.315 e. The number of nitrogens with one attached hydrogen (secondary N) is 2. The predicted octanol–water partition coefficient (Wildman–Crippen LogP) is 2.10. The highest BCUT2D eigenvalue weighted by Gasteiger charge is 2.16. The van der Waals surface area contributed by atoms with Crippen LogP contribution in [0.3, 0.4) is 0 Å². The lowest BCUT2D eigenvalue weighted by molar-refractivity contribution is 0.161. The molecule has 20 heavy (non-hydrogen) atoms. The molecule has 0 aliphatic carbocycles. The van der Waals surface area contributed by atoms with Crippen molar-refractivity contribution in [2.24, 2.45) is 0 Å². The summed E-state index contributed by atoms with van der Waals surface area (Å²) in [5, 5.41) is 15.5. The molecule has 5 nitrogen and oxygen atoms in total. The van der Waals surface area contributed by atoms with Gasteiger partial charge in [-0.25, -0.2) is 4.79 Å². The van der Waals surface area contributed by atoms with Crippen molar-refractivity contribution >= 4 is 17.6 Å². The summed E-state index contributed by atoms with van der Waals surface area (Å²) >= 11 is 5.81. The zero-order valence-electron chi connectivity index (χ0n) is 11.7. The molecular formula is C14H21ClN2O3. The van der Waals surface area contributed by atoms with E-state index in [9.17, 15) is 9.90 Å². The lowest BCUT2D eigenvalue weighted by Gasteiger charge is -2.21. The minimum Gasteiger partial charge on any atom is -0.394 e. The summed E-state index contributed by atoms with van der Waals surface area (Å²) in [6.45, 7) is 2.23. The molecule has 0 saturated carbocycles. The zero-order valence-corrected chi connectivity index (χ0v) is 12.5. The van der Waals surface area contributed by atoms with Crippen LogP contribution in [-0.4, -0.2) is 37.5 Å². The molecule has 0 aromatic heterocycles. The third kappa shape index (κ3) is 5.36. The predicted molar refractivity (Wildman–Crippen MR) is 78.9 cm³/mol. The van der Waals surface area contributed by atoms with Gasteiger partial charge in [0.1, 0.15) is 0 Å². The molecule has 2 amide bonds. The number of urea groups is 1. The van der Waals surface area contributed by atoms with Gasteiger partial charge in [-0.05, 0) is 24.1 Å². The van der Waals surface area contributed by atoms with Gasteiger partial charge in [-0.15, -0.1) is 0 Å². The van der Waals surface area contributed by atoms with Crippen molar-refractivity contribution in [2.45, 2.75) is 25.4 Å². The fourth-order valence-corrected chi connectivity index (χ4v) is 1.90. The zero-order chi connectivity index (χ0) is 15.0. The fourth-order valence-electron chi connectivity index (χ4n) is 1.78. The molecular weight excluding hydrogens is 280 g/mol. The van der Waals surface area contributed by atoms with Gasteiger partial charge in [-0.1, -0.05) is 30.7 Å². The van der Waals surface area contributed by atoms with Gasteiger partial charge in [0, 0.05) is 12.1 Å². The number of carbonyl (C=O) groups is 1. The monoisotopic (exact) mass is 300 g/mol. The van der Waals surface area contributed by atoms with Gasteiger partial charge in [0.25, 0.3) is 0 Å². The van der Waals surface area contributed by atoms with E-state index in [1.54, 1.807) is 31.4 Å². The lowest BCUT2D eigenvalue weighted by Crippen LogP contribution is -2.45. The molecule has 0 fully saturated rings. The number of carbonyl (C=O) groups excluding carboxylic acids is 1. The molecule has 112 valence electrons. The topological polar surface area (TPSA) is 70.6 Å². The SMILES string of the molecule is CCC(COC)NC(=O)NC(CO)c1ccc(Cl)cc1. The quantitative estimate of drug-likeness (QED) is 0.722. The van der Waals surface area contributed by atoms with E-state index in [0.29, 0.717) is 11.6 Å². The van der Waals surface area contributed by atoms with Gasteiger partial charge in [0.2, 0.25) is 0 Å². The molecule has 0 saturated heterocycles. The normalized spacial score (nSPS) is 13.6. The number of benzene rings is 1. The molecule has 2 atom stereocenters. The first-order chi connectivity index (χ1) is 9.60. The van der Waals surface area contributed by atoms with Crippen LogP contribution in [0.4, 0.5) is 4.79 Å². The van der Waals surface area contributed by atoms with Gasteiger partial charge < -0.3 is 20.5 Å². The Balaban J connectivity index is 2.59. The molecule has 1 rings (SSSR count). The Kier molecular flexibility index (Phi) is 7.36. The number of methoxy groups -OCH3 is 1. The third-order valence-corrected chi connectivity index (χ3v) is 3.21. The van der Waals surface area contributed by atoms with Crippen molar-refractivity contribution in [1.29, 1.82) is 0 Å². The Bertz CT molecular complexity index is 411. The van der Waals surface area contributed by atoms with Gasteiger partial charge in [-0.2, -0.15) is 0 Å². The van der Waals surface area contributed by atoms with Crippen LogP contribution in [0, 0.1) is 0 Å². The molecule has 6 heteroatoms. The van der Waals surface area contributed by atoms with Gasteiger partial charge in [0.05, 0.1) is 25.3 Å². The molecule has 0 bridgehead atoms. The van der Waals surface area contributed by atoms with Crippen molar-refractivity contribution in [2.75, 3.05) is 20.3 Å². The van der Waals surface area contributed by atoms with Crippen LogP contribution in [0.5, 0.6) is 0 Å². The number of rotatable bonds is 7. The molecule has 0 aliphatic heterocycles. The van der Waals surface area contributed by atoms with Crippen LogP contribution in [-0.2, 0) is 4.74 Å². The van der Waals surface area contributed by atoms with Crippen molar-refractivity contribution in [3.8, 4) is 0 Å². The second-order valence-electron chi connectivity index (χ2n) is 4.47. The van der Waals surface area contributed by atoms with Crippen LogP contribution in [0.25, 0.3) is 0 Å². The van der Waals surface area contributed by atoms with E-state index >= 15 is 0 Å². The molecule has 1 aromatic carbocycles. The number of halogens is 1. The largest absolute Gasteiger partial charge is 0.394 e. The number of aliphatic hydroxyl groups excluding tert-OH is 1. The maximum Gasteiger partial charge on any atom is 0.315 e. The Morgan fingerprint density at radius 1 is 1.35 bits per heavy atom. The van der Waals surface area contributed by atoms with Crippen molar-refractivity contribution in [3.05, 3.63) is 34.9 Å². The molecule has 0 heterocycles. The Labute approximate surface area is 124 Å². The van der Waals surface area contributed by atoms with E-state index in [2.05, 4.69) is 10.6 Å². The van der Waals surface area contributed by atoms with E-state index in [0.717, 1.165) is 12.0 Å². The Morgan fingerprint density at radius 2 is 2.00 bits per heavy atom. The first kappa shape index (κ1) is 16.8. The number of amides is 2. The Hall–Kier alpha value is -1.30. The number of hydrogen-bond acceptors (Lipinski definition) is 3. The highest BCUT2D eigenvalue weighted by Crippen LogP contribution is 2.16. The standard InChI is InChI=1S/C14H21ClN2O3/c1-3-12(9-20-2)16-14(19)17-13(8-18)10-4-6-11(15)7-5-10/h4-7,12-13,18H,3,8-9H2,1-2H3,(H2,16,17,19). The van der Waals surface area contributed by atoms with Crippen LogP contribution < -0.4 is 10.6 Å². The molecule has 0 aliphatic rings. The van der Waals surface area contributed by atoms with Crippen LogP contribution in [0.1, 0.15) is 24.9 Å². The maximum atomic E-state index is 11.9. The molecule has 1 aromatic rings. The van der Waals surface area contributed by atoms with Gasteiger partial charge in [0.15, 0.2) is 0 Å². The summed E-state index contributed by atoms with van der Waals surface area (Å²) in [5.41, 5.74) is 0.798. The third-order valence-electron chi connectivity index (χ3n) is 2.96. The number of aliphatic hydroxyl groups is 1. The summed E-state index contributed by atoms with van der Waals surface area (Å²) < 4.78 is 5.02. The highest BCUT2D eigenvalue weighted by atomic mass is 35.5. The molecule has 0 spiro atoms. The first-order valence-corrected chi connectivity index (χ1v) is 6.90. The van der Waals surface area contributed by atoms with E-state index in [-0.39, 0.29) is 18.7 Å². The summed E-state index contributed by atoms with van der Waals surface area (Å²) in [4.78, 5) is 11.9. The number of ether oxygens (including phenoxy) is 1. The lowest BCUT2D eigenvalue weighted by atomic mass is 10.1. The highest BCUT2D eigenvalue weighted by molar-refractivity contribution is 6.30. The van der Waals surface area contributed by atoms with E-state index in [1.165, 1.54) is 0 Å². The summed E-state index contributed by atoms with van der Waals surface area (Å²) in [7, 11) is 1.59. The molecule has 3 N–H and O–H groups in total. The Morgan fingerprint density at radius 3 is 2.50 bits per heavy atom. The fraction of sp³-hybridized carbons (Fsp3) is 0.500. The van der Waals surface area contributed by atoms with E-state index < -0.39 is 6.04 Å². The first-order valence-electron chi connectivity index (χ1n) is 6.53. The van der Waals surface area contributed by atoms with E-state index in [4.69, 9.17) is 16.3 Å². The minimum absolute atomic E-state index is 0.0513. The average Bonchev–Trinajstić information content (AvgIpc) is 2.45.